The second-order valence-electron chi connectivity index (χ2n) is 4.73. The summed E-state index contributed by atoms with van der Waals surface area (Å²) in [6, 6.07) is 7.00. The summed E-state index contributed by atoms with van der Waals surface area (Å²) in [5.41, 5.74) is 1.02. The molecular formula is C15H18N2O3. The summed E-state index contributed by atoms with van der Waals surface area (Å²) in [6.45, 7) is 4.39. The molecule has 20 heavy (non-hydrogen) atoms. The first kappa shape index (κ1) is 14.1. The van der Waals surface area contributed by atoms with Crippen molar-refractivity contribution in [1.29, 1.82) is 0 Å². The molecule has 2 heterocycles. The molecule has 5 heteroatoms. The average Bonchev–Trinajstić information content (AvgIpc) is 2.83. The van der Waals surface area contributed by atoms with Crippen LogP contribution in [0.15, 0.2) is 28.7 Å². The average molecular weight is 274 g/mol. The minimum absolute atomic E-state index is 0.259. The van der Waals surface area contributed by atoms with Crippen molar-refractivity contribution >= 4 is 11.8 Å². The van der Waals surface area contributed by atoms with Gasteiger partial charge in [-0.1, -0.05) is 6.92 Å². The lowest BCUT2D eigenvalue weighted by Crippen LogP contribution is -2.18. The molecule has 0 saturated heterocycles. The fourth-order valence-electron chi connectivity index (χ4n) is 1.96. The molecule has 106 valence electrons. The third-order valence-electron chi connectivity index (χ3n) is 3.05. The maximum Gasteiger partial charge on any atom is 0.335 e. The number of carboxylic acids is 1. The van der Waals surface area contributed by atoms with Crippen LogP contribution in [0, 0.1) is 6.92 Å². The number of hydrogen-bond donors (Lipinski definition) is 1. The number of anilines is 1. The summed E-state index contributed by atoms with van der Waals surface area (Å²) in [4.78, 5) is 17.5. The number of hydrogen-bond acceptors (Lipinski definition) is 4. The Hall–Kier alpha value is -2.30. The largest absolute Gasteiger partial charge is 0.478 e. The van der Waals surface area contributed by atoms with Crippen LogP contribution in [0.3, 0.4) is 0 Å². The number of pyridine rings is 1. The molecule has 0 bridgehead atoms. The standard InChI is InChI=1S/C15H18N2O3/c1-4-12-7-11(15(18)19)8-14(16-12)17(3)9-13-6-5-10(2)20-13/h5-8H,4,9H2,1-3H3,(H,18,19). The van der Waals surface area contributed by atoms with Gasteiger partial charge in [0.05, 0.1) is 12.1 Å². The molecule has 5 nitrogen and oxygen atoms in total. The first-order chi connectivity index (χ1) is 9.49. The highest BCUT2D eigenvalue weighted by Crippen LogP contribution is 2.18. The normalized spacial score (nSPS) is 10.6. The number of aryl methyl sites for hydroxylation is 2. The molecule has 0 amide bonds. The molecule has 2 aromatic rings. The van der Waals surface area contributed by atoms with Gasteiger partial charge in [-0.15, -0.1) is 0 Å². The molecule has 2 rings (SSSR count). The zero-order valence-electron chi connectivity index (χ0n) is 11.9. The highest BCUT2D eigenvalue weighted by Gasteiger charge is 2.12. The molecular weight excluding hydrogens is 256 g/mol. The van der Waals surface area contributed by atoms with Crippen molar-refractivity contribution in [3.05, 3.63) is 47.0 Å². The van der Waals surface area contributed by atoms with Crippen LogP contribution in [0.25, 0.3) is 0 Å². The maximum absolute atomic E-state index is 11.1. The van der Waals surface area contributed by atoms with Crippen molar-refractivity contribution in [3.63, 3.8) is 0 Å². The monoisotopic (exact) mass is 274 g/mol. The fraction of sp³-hybridized carbons (Fsp3) is 0.333. The predicted octanol–water partition coefficient (Wildman–Crippen LogP) is 2.88. The third kappa shape index (κ3) is 3.17. The van der Waals surface area contributed by atoms with Gasteiger partial charge in [0.15, 0.2) is 0 Å². The van der Waals surface area contributed by atoms with Crippen LogP contribution in [-0.2, 0) is 13.0 Å². The van der Waals surface area contributed by atoms with E-state index >= 15 is 0 Å². The van der Waals surface area contributed by atoms with Gasteiger partial charge in [-0.05, 0) is 37.6 Å². The van der Waals surface area contributed by atoms with Crippen LogP contribution in [0.4, 0.5) is 5.82 Å². The molecule has 0 spiro atoms. The summed E-state index contributed by atoms with van der Waals surface area (Å²) in [5, 5.41) is 9.14. The van der Waals surface area contributed by atoms with Gasteiger partial charge >= 0.3 is 5.97 Å². The molecule has 0 unspecified atom stereocenters. The van der Waals surface area contributed by atoms with Crippen LogP contribution in [-0.4, -0.2) is 23.1 Å². The van der Waals surface area contributed by atoms with Crippen molar-refractivity contribution in [2.75, 3.05) is 11.9 Å². The van der Waals surface area contributed by atoms with Gasteiger partial charge in [0, 0.05) is 12.7 Å². The van der Waals surface area contributed by atoms with E-state index in [4.69, 9.17) is 9.52 Å². The lowest BCUT2D eigenvalue weighted by Gasteiger charge is -2.18. The zero-order chi connectivity index (χ0) is 14.7. The Bertz CT molecular complexity index is 619. The summed E-state index contributed by atoms with van der Waals surface area (Å²) in [6.07, 6.45) is 0.696. The Kier molecular flexibility index (Phi) is 4.08. The first-order valence-electron chi connectivity index (χ1n) is 6.50. The van der Waals surface area contributed by atoms with Crippen LogP contribution < -0.4 is 4.90 Å². The number of carbonyl (C=O) groups is 1. The van der Waals surface area contributed by atoms with Crippen molar-refractivity contribution < 1.29 is 14.3 Å². The number of rotatable bonds is 5. The highest BCUT2D eigenvalue weighted by atomic mass is 16.4. The Morgan fingerprint density at radius 1 is 1.40 bits per heavy atom. The molecule has 2 aromatic heterocycles. The highest BCUT2D eigenvalue weighted by molar-refractivity contribution is 5.88. The molecule has 0 aliphatic rings. The van der Waals surface area contributed by atoms with Gasteiger partial charge in [-0.25, -0.2) is 9.78 Å². The summed E-state index contributed by atoms with van der Waals surface area (Å²) < 4.78 is 5.52. The minimum Gasteiger partial charge on any atom is -0.478 e. The van der Waals surface area contributed by atoms with Crippen molar-refractivity contribution in [2.45, 2.75) is 26.8 Å². The van der Waals surface area contributed by atoms with Gasteiger partial charge in [0.25, 0.3) is 0 Å². The van der Waals surface area contributed by atoms with E-state index in [0.29, 0.717) is 18.8 Å². The van der Waals surface area contributed by atoms with Gasteiger partial charge in [-0.2, -0.15) is 0 Å². The molecule has 0 saturated carbocycles. The molecule has 0 radical (unpaired) electrons. The Morgan fingerprint density at radius 3 is 2.70 bits per heavy atom. The van der Waals surface area contributed by atoms with Crippen molar-refractivity contribution in [2.24, 2.45) is 0 Å². The Labute approximate surface area is 117 Å². The van der Waals surface area contributed by atoms with Gasteiger partial charge < -0.3 is 14.4 Å². The lowest BCUT2D eigenvalue weighted by atomic mass is 10.2. The van der Waals surface area contributed by atoms with Gasteiger partial charge in [-0.3, -0.25) is 0 Å². The topological polar surface area (TPSA) is 66.6 Å². The summed E-state index contributed by atoms with van der Waals surface area (Å²) in [7, 11) is 1.87. The second kappa shape index (κ2) is 5.77. The van der Waals surface area contributed by atoms with E-state index in [1.54, 1.807) is 12.1 Å². The predicted molar refractivity (Wildman–Crippen MR) is 76.1 cm³/mol. The van der Waals surface area contributed by atoms with Gasteiger partial charge in [0.1, 0.15) is 17.3 Å². The molecule has 1 N–H and O–H groups in total. The van der Waals surface area contributed by atoms with Gasteiger partial charge in [0.2, 0.25) is 0 Å². The van der Waals surface area contributed by atoms with E-state index in [1.165, 1.54) is 0 Å². The van der Waals surface area contributed by atoms with E-state index < -0.39 is 5.97 Å². The SMILES string of the molecule is CCc1cc(C(=O)O)cc(N(C)Cc2ccc(C)o2)n1. The number of aromatic nitrogens is 1. The number of aromatic carboxylic acids is 1. The quantitative estimate of drug-likeness (QED) is 0.908. The van der Waals surface area contributed by atoms with E-state index in [1.807, 2.05) is 37.9 Å². The van der Waals surface area contributed by atoms with Crippen molar-refractivity contribution in [1.82, 2.24) is 4.98 Å². The number of furan rings is 1. The molecule has 0 fully saturated rings. The lowest BCUT2D eigenvalue weighted by molar-refractivity contribution is 0.0696. The third-order valence-corrected chi connectivity index (χ3v) is 3.05. The van der Waals surface area contributed by atoms with E-state index in [0.717, 1.165) is 17.2 Å². The second-order valence-corrected chi connectivity index (χ2v) is 4.73. The molecule has 0 atom stereocenters. The Morgan fingerprint density at radius 2 is 2.15 bits per heavy atom. The zero-order valence-corrected chi connectivity index (χ0v) is 11.9. The Balaban J connectivity index is 2.26. The minimum atomic E-state index is -0.939. The molecule has 0 aromatic carbocycles. The summed E-state index contributed by atoms with van der Waals surface area (Å²) in [5.74, 6) is 1.38. The van der Waals surface area contributed by atoms with Crippen LogP contribution in [0.1, 0.15) is 34.5 Å². The van der Waals surface area contributed by atoms with Crippen LogP contribution >= 0.6 is 0 Å². The van der Waals surface area contributed by atoms with Crippen molar-refractivity contribution in [3.8, 4) is 0 Å². The van der Waals surface area contributed by atoms with E-state index in [-0.39, 0.29) is 5.56 Å². The fourth-order valence-corrected chi connectivity index (χ4v) is 1.96. The van der Waals surface area contributed by atoms with Crippen LogP contribution in [0.5, 0.6) is 0 Å². The smallest absolute Gasteiger partial charge is 0.335 e. The van der Waals surface area contributed by atoms with E-state index in [9.17, 15) is 4.79 Å². The maximum atomic E-state index is 11.1. The summed E-state index contributed by atoms with van der Waals surface area (Å²) >= 11 is 0. The van der Waals surface area contributed by atoms with E-state index in [2.05, 4.69) is 4.98 Å². The molecule has 0 aliphatic heterocycles. The number of carboxylic acid groups (broad SMARTS) is 1. The first-order valence-corrected chi connectivity index (χ1v) is 6.50. The number of nitrogens with zero attached hydrogens (tertiary/aromatic N) is 2. The van der Waals surface area contributed by atoms with Crippen LogP contribution in [0.2, 0.25) is 0 Å². The molecule has 0 aliphatic carbocycles.